The highest BCUT2D eigenvalue weighted by molar-refractivity contribution is 4.94. The van der Waals surface area contributed by atoms with Gasteiger partial charge < -0.3 is 10.1 Å². The molecule has 1 aliphatic carbocycles. The SMILES string of the molecule is CCCNC1CC(C)CC(C)C1N(CC)CC1CCCO1. The van der Waals surface area contributed by atoms with Crippen molar-refractivity contribution < 1.29 is 4.74 Å². The molecular weight excluding hydrogens is 260 g/mol. The lowest BCUT2D eigenvalue weighted by Crippen LogP contribution is -2.57. The summed E-state index contributed by atoms with van der Waals surface area (Å²) in [5, 5.41) is 3.84. The van der Waals surface area contributed by atoms with Crippen LogP contribution in [0.5, 0.6) is 0 Å². The maximum absolute atomic E-state index is 5.89. The van der Waals surface area contributed by atoms with Gasteiger partial charge in [-0.1, -0.05) is 27.7 Å². The molecule has 0 aromatic heterocycles. The molecule has 0 radical (unpaired) electrons. The highest BCUT2D eigenvalue weighted by Gasteiger charge is 2.37. The average molecular weight is 296 g/mol. The van der Waals surface area contributed by atoms with Gasteiger partial charge in [0.15, 0.2) is 0 Å². The van der Waals surface area contributed by atoms with Gasteiger partial charge in [0.25, 0.3) is 0 Å². The van der Waals surface area contributed by atoms with Crippen LogP contribution in [0, 0.1) is 11.8 Å². The van der Waals surface area contributed by atoms with Crippen LogP contribution in [-0.4, -0.2) is 49.3 Å². The van der Waals surface area contributed by atoms with E-state index in [1.807, 2.05) is 0 Å². The van der Waals surface area contributed by atoms with Crippen LogP contribution in [0.2, 0.25) is 0 Å². The van der Waals surface area contributed by atoms with Gasteiger partial charge in [0.2, 0.25) is 0 Å². The van der Waals surface area contributed by atoms with Gasteiger partial charge in [-0.05, 0) is 57.0 Å². The molecule has 0 aromatic rings. The summed E-state index contributed by atoms with van der Waals surface area (Å²) >= 11 is 0. The van der Waals surface area contributed by atoms with E-state index in [2.05, 4.69) is 37.9 Å². The van der Waals surface area contributed by atoms with E-state index in [1.54, 1.807) is 0 Å². The lowest BCUT2D eigenvalue weighted by molar-refractivity contribution is 0.0164. The zero-order valence-corrected chi connectivity index (χ0v) is 14.6. The molecule has 0 aromatic carbocycles. The number of hydrogen-bond acceptors (Lipinski definition) is 3. The Morgan fingerprint density at radius 1 is 1.19 bits per heavy atom. The predicted octanol–water partition coefficient (Wildman–Crippen LogP) is 3.29. The normalized spacial score (nSPS) is 37.3. The van der Waals surface area contributed by atoms with Gasteiger partial charge in [-0.2, -0.15) is 0 Å². The maximum Gasteiger partial charge on any atom is 0.0702 e. The second kappa shape index (κ2) is 8.50. The Hall–Kier alpha value is -0.120. The summed E-state index contributed by atoms with van der Waals surface area (Å²) < 4.78 is 5.89. The van der Waals surface area contributed by atoms with Crippen LogP contribution in [0.4, 0.5) is 0 Å². The van der Waals surface area contributed by atoms with E-state index >= 15 is 0 Å². The second-order valence-corrected chi connectivity index (χ2v) is 7.33. The Bertz CT molecular complexity index is 291. The fourth-order valence-electron chi connectivity index (χ4n) is 4.50. The lowest BCUT2D eigenvalue weighted by Gasteiger charge is -2.46. The Morgan fingerprint density at radius 3 is 2.62 bits per heavy atom. The molecule has 0 spiro atoms. The summed E-state index contributed by atoms with van der Waals surface area (Å²) in [6.07, 6.45) is 6.90. The van der Waals surface area contributed by atoms with Gasteiger partial charge in [-0.25, -0.2) is 0 Å². The van der Waals surface area contributed by atoms with E-state index in [-0.39, 0.29) is 0 Å². The smallest absolute Gasteiger partial charge is 0.0702 e. The van der Waals surface area contributed by atoms with Crippen molar-refractivity contribution in [2.45, 2.75) is 78.0 Å². The summed E-state index contributed by atoms with van der Waals surface area (Å²) in [6, 6.07) is 1.34. The summed E-state index contributed by atoms with van der Waals surface area (Å²) in [6.45, 7) is 13.9. The number of rotatable bonds is 7. The first-order chi connectivity index (χ1) is 10.2. The monoisotopic (exact) mass is 296 g/mol. The topological polar surface area (TPSA) is 24.5 Å². The molecule has 124 valence electrons. The summed E-state index contributed by atoms with van der Waals surface area (Å²) in [4.78, 5) is 2.71. The van der Waals surface area contributed by atoms with Gasteiger partial charge in [0.1, 0.15) is 0 Å². The van der Waals surface area contributed by atoms with Crippen molar-refractivity contribution in [1.29, 1.82) is 0 Å². The Morgan fingerprint density at radius 2 is 2.00 bits per heavy atom. The molecule has 3 heteroatoms. The molecule has 5 atom stereocenters. The third-order valence-electron chi connectivity index (χ3n) is 5.37. The molecule has 21 heavy (non-hydrogen) atoms. The molecule has 1 aliphatic heterocycles. The molecule has 2 fully saturated rings. The van der Waals surface area contributed by atoms with Crippen LogP contribution in [0.15, 0.2) is 0 Å². The zero-order chi connectivity index (χ0) is 15.2. The molecule has 1 saturated carbocycles. The minimum Gasteiger partial charge on any atom is -0.377 e. The Balaban J connectivity index is 2.01. The van der Waals surface area contributed by atoms with E-state index < -0.39 is 0 Å². The number of nitrogens with zero attached hydrogens (tertiary/aromatic N) is 1. The van der Waals surface area contributed by atoms with Crippen molar-refractivity contribution in [3.8, 4) is 0 Å². The van der Waals surface area contributed by atoms with Crippen molar-refractivity contribution in [3.05, 3.63) is 0 Å². The van der Waals surface area contributed by atoms with Gasteiger partial charge in [-0.3, -0.25) is 4.90 Å². The quantitative estimate of drug-likeness (QED) is 0.780. The van der Waals surface area contributed by atoms with Crippen molar-refractivity contribution >= 4 is 0 Å². The third-order valence-corrected chi connectivity index (χ3v) is 5.37. The summed E-state index contributed by atoms with van der Waals surface area (Å²) in [5.41, 5.74) is 0. The lowest BCUT2D eigenvalue weighted by atomic mass is 9.75. The van der Waals surface area contributed by atoms with E-state index in [0.717, 1.165) is 38.1 Å². The van der Waals surface area contributed by atoms with E-state index in [9.17, 15) is 0 Å². The molecule has 5 unspecified atom stereocenters. The number of likely N-dealkylation sites (N-methyl/N-ethyl adjacent to an activating group) is 1. The fraction of sp³-hybridized carbons (Fsp3) is 1.00. The molecule has 0 bridgehead atoms. The van der Waals surface area contributed by atoms with Gasteiger partial charge >= 0.3 is 0 Å². The number of nitrogens with one attached hydrogen (secondary N) is 1. The summed E-state index contributed by atoms with van der Waals surface area (Å²) in [5.74, 6) is 1.64. The number of ether oxygens (including phenoxy) is 1. The van der Waals surface area contributed by atoms with Gasteiger partial charge in [-0.15, -0.1) is 0 Å². The molecular formula is C18H36N2O. The molecule has 1 N–H and O–H groups in total. The van der Waals surface area contributed by atoms with Crippen LogP contribution in [-0.2, 0) is 4.74 Å². The minimum absolute atomic E-state index is 0.475. The van der Waals surface area contributed by atoms with E-state index in [1.165, 1.54) is 32.1 Å². The molecule has 3 nitrogen and oxygen atoms in total. The highest BCUT2D eigenvalue weighted by atomic mass is 16.5. The predicted molar refractivity (Wildman–Crippen MR) is 89.7 cm³/mol. The Labute approximate surface area is 131 Å². The van der Waals surface area contributed by atoms with Crippen molar-refractivity contribution in [2.24, 2.45) is 11.8 Å². The van der Waals surface area contributed by atoms with Crippen LogP contribution < -0.4 is 5.32 Å². The van der Waals surface area contributed by atoms with Crippen LogP contribution in [0.1, 0.15) is 59.8 Å². The summed E-state index contributed by atoms with van der Waals surface area (Å²) in [7, 11) is 0. The van der Waals surface area contributed by atoms with Crippen LogP contribution >= 0.6 is 0 Å². The maximum atomic E-state index is 5.89. The van der Waals surface area contributed by atoms with Crippen LogP contribution in [0.25, 0.3) is 0 Å². The molecule has 0 amide bonds. The van der Waals surface area contributed by atoms with Crippen molar-refractivity contribution in [1.82, 2.24) is 10.2 Å². The first kappa shape index (κ1) is 17.2. The van der Waals surface area contributed by atoms with Gasteiger partial charge in [0, 0.05) is 25.2 Å². The fourth-order valence-corrected chi connectivity index (χ4v) is 4.50. The third kappa shape index (κ3) is 4.67. The minimum atomic E-state index is 0.475. The average Bonchev–Trinajstić information content (AvgIpc) is 2.95. The first-order valence-corrected chi connectivity index (χ1v) is 9.24. The van der Waals surface area contributed by atoms with Crippen molar-refractivity contribution in [2.75, 3.05) is 26.2 Å². The highest BCUT2D eigenvalue weighted by Crippen LogP contribution is 2.33. The van der Waals surface area contributed by atoms with E-state index in [4.69, 9.17) is 4.74 Å². The van der Waals surface area contributed by atoms with E-state index in [0.29, 0.717) is 18.2 Å². The number of hydrogen-bond donors (Lipinski definition) is 1. The molecule has 1 saturated heterocycles. The zero-order valence-electron chi connectivity index (χ0n) is 14.6. The molecule has 1 heterocycles. The van der Waals surface area contributed by atoms with Crippen molar-refractivity contribution in [3.63, 3.8) is 0 Å². The molecule has 2 aliphatic rings. The second-order valence-electron chi connectivity index (χ2n) is 7.33. The van der Waals surface area contributed by atoms with Gasteiger partial charge in [0.05, 0.1) is 6.10 Å². The first-order valence-electron chi connectivity index (χ1n) is 9.24. The van der Waals surface area contributed by atoms with Crippen LogP contribution in [0.3, 0.4) is 0 Å². The largest absolute Gasteiger partial charge is 0.377 e. The Kier molecular flexibility index (Phi) is 6.97. The standard InChI is InChI=1S/C18H36N2O/c1-5-9-19-17-12-14(3)11-15(4)18(17)20(6-2)13-16-8-7-10-21-16/h14-19H,5-13H2,1-4H3. The molecule has 2 rings (SSSR count).